The number of benzene rings is 2. The van der Waals surface area contributed by atoms with Gasteiger partial charge in [0.1, 0.15) is 0 Å². The molecule has 0 saturated heterocycles. The molecule has 0 bridgehead atoms. The lowest BCUT2D eigenvalue weighted by molar-refractivity contribution is 0.725. The Morgan fingerprint density at radius 1 is 0.553 bits per heavy atom. The highest BCUT2D eigenvalue weighted by molar-refractivity contribution is 5.88. The fraction of sp³-hybridized carbons (Fsp3) is 0.611. The second-order valence-corrected chi connectivity index (χ2v) is 11.9. The van der Waals surface area contributed by atoms with Gasteiger partial charge in [0.25, 0.3) is 0 Å². The number of hydrogen-bond acceptors (Lipinski definition) is 2. The van der Waals surface area contributed by atoms with E-state index in [1.54, 1.807) is 0 Å². The largest absolute Gasteiger partial charge is 0.257 e. The molecule has 0 amide bonds. The van der Waals surface area contributed by atoms with Crippen molar-refractivity contribution in [2.45, 2.75) is 131 Å². The lowest BCUT2D eigenvalue weighted by atomic mass is 9.93. The summed E-state index contributed by atoms with van der Waals surface area (Å²) in [5, 5.41) is 0. The Bertz CT molecular complexity index is 998. The first-order chi connectivity index (χ1) is 18.5. The van der Waals surface area contributed by atoms with Gasteiger partial charge in [-0.2, -0.15) is 0 Å². The predicted octanol–water partition coefficient (Wildman–Crippen LogP) is 10.3. The van der Waals surface area contributed by atoms with E-state index in [1.165, 1.54) is 108 Å². The van der Waals surface area contributed by atoms with E-state index in [0.717, 1.165) is 38.5 Å². The van der Waals surface area contributed by atoms with E-state index in [0.29, 0.717) is 11.8 Å². The van der Waals surface area contributed by atoms with Crippen LogP contribution >= 0.6 is 0 Å². The highest BCUT2D eigenvalue weighted by atomic mass is 14.8. The molecule has 206 valence electrons. The van der Waals surface area contributed by atoms with Crippen LogP contribution in [0.1, 0.15) is 126 Å². The fourth-order valence-corrected chi connectivity index (χ4v) is 6.83. The van der Waals surface area contributed by atoms with Crippen LogP contribution in [-0.4, -0.2) is 11.4 Å². The lowest BCUT2D eigenvalue weighted by Gasteiger charge is -2.17. The number of aryl methyl sites for hydroxylation is 6. The molecular formula is C36H52N2. The monoisotopic (exact) mass is 512 g/mol. The molecule has 0 aromatic heterocycles. The molecule has 0 aliphatic heterocycles. The lowest BCUT2D eigenvalue weighted by Crippen LogP contribution is -2.07. The molecule has 2 heteroatoms. The van der Waals surface area contributed by atoms with Crippen molar-refractivity contribution in [3.63, 3.8) is 0 Å². The molecule has 0 heterocycles. The van der Waals surface area contributed by atoms with Crippen LogP contribution in [0.4, 0.5) is 11.4 Å². The normalized spacial score (nSPS) is 17.6. The molecule has 2 fully saturated rings. The maximum absolute atomic E-state index is 5.25. The molecule has 0 unspecified atom stereocenters. The Morgan fingerprint density at radius 2 is 0.842 bits per heavy atom. The van der Waals surface area contributed by atoms with Gasteiger partial charge >= 0.3 is 0 Å². The van der Waals surface area contributed by atoms with Crippen LogP contribution in [0, 0.1) is 11.8 Å². The number of rotatable bonds is 11. The highest BCUT2D eigenvalue weighted by Crippen LogP contribution is 2.34. The van der Waals surface area contributed by atoms with E-state index in [1.807, 2.05) is 0 Å². The molecule has 2 saturated carbocycles. The Morgan fingerprint density at radius 3 is 1.11 bits per heavy atom. The maximum atomic E-state index is 5.25. The highest BCUT2D eigenvalue weighted by Gasteiger charge is 2.20. The third-order valence-electron chi connectivity index (χ3n) is 9.35. The van der Waals surface area contributed by atoms with Crippen molar-refractivity contribution in [3.05, 3.63) is 57.6 Å². The van der Waals surface area contributed by atoms with Gasteiger partial charge in [-0.25, -0.2) is 0 Å². The summed E-state index contributed by atoms with van der Waals surface area (Å²) in [4.78, 5) is 10.5. The average Bonchev–Trinajstić information content (AvgIpc) is 3.67. The van der Waals surface area contributed by atoms with Gasteiger partial charge in [0.2, 0.25) is 0 Å². The van der Waals surface area contributed by atoms with E-state index in [-0.39, 0.29) is 0 Å². The third kappa shape index (κ3) is 6.85. The summed E-state index contributed by atoms with van der Waals surface area (Å²) in [6.45, 7) is 13.7. The molecule has 2 aromatic carbocycles. The van der Waals surface area contributed by atoms with Crippen LogP contribution in [0.3, 0.4) is 0 Å². The SMILES string of the molecule is CCc1cc(CCc2cc(CC)c(N=C(C)C3CCCC3)c(CC)c2)cc(CC)c1N=C(C)C1CCCC1. The molecule has 0 spiro atoms. The summed E-state index contributed by atoms with van der Waals surface area (Å²) in [6, 6.07) is 9.80. The quantitative estimate of drug-likeness (QED) is 0.268. The topological polar surface area (TPSA) is 24.7 Å². The predicted molar refractivity (Wildman–Crippen MR) is 167 cm³/mol. The fourth-order valence-electron chi connectivity index (χ4n) is 6.83. The van der Waals surface area contributed by atoms with Gasteiger partial charge in [0.05, 0.1) is 11.4 Å². The minimum absolute atomic E-state index is 0.693. The molecule has 2 aliphatic rings. The third-order valence-corrected chi connectivity index (χ3v) is 9.35. The van der Waals surface area contributed by atoms with Crippen LogP contribution in [0.2, 0.25) is 0 Å². The number of nitrogens with zero attached hydrogens (tertiary/aromatic N) is 2. The van der Waals surface area contributed by atoms with E-state index < -0.39 is 0 Å². The summed E-state index contributed by atoms with van der Waals surface area (Å²) < 4.78 is 0. The first kappa shape index (κ1) is 28.8. The molecule has 2 nitrogen and oxygen atoms in total. The molecule has 0 N–H and O–H groups in total. The van der Waals surface area contributed by atoms with Crippen molar-refractivity contribution < 1.29 is 0 Å². The standard InChI is InChI=1S/C36H52N2/c1-7-29-21-27(22-30(8-2)35(29)37-25(5)33-15-11-12-16-33)19-20-28-23-31(9-3)36(32(10-4)24-28)38-26(6)34-17-13-14-18-34/h21-24,33-34H,7-20H2,1-6H3. The number of hydrogen-bond donors (Lipinski definition) is 0. The Labute approximate surface area is 233 Å². The molecule has 2 aromatic rings. The Hall–Kier alpha value is -2.22. The second kappa shape index (κ2) is 13.7. The van der Waals surface area contributed by atoms with Gasteiger partial charge in [-0.1, -0.05) is 77.6 Å². The van der Waals surface area contributed by atoms with Crippen molar-refractivity contribution in [1.82, 2.24) is 0 Å². The zero-order valence-corrected chi connectivity index (χ0v) is 25.3. The molecule has 0 radical (unpaired) electrons. The summed E-state index contributed by atoms with van der Waals surface area (Å²) in [7, 11) is 0. The van der Waals surface area contributed by atoms with Crippen LogP contribution in [0.15, 0.2) is 34.3 Å². The zero-order valence-electron chi connectivity index (χ0n) is 25.3. The average molecular weight is 513 g/mol. The minimum Gasteiger partial charge on any atom is -0.257 e. The van der Waals surface area contributed by atoms with Gasteiger partial charge in [-0.15, -0.1) is 0 Å². The van der Waals surface area contributed by atoms with Gasteiger partial charge < -0.3 is 0 Å². The van der Waals surface area contributed by atoms with E-state index in [4.69, 9.17) is 9.98 Å². The summed E-state index contributed by atoms with van der Waals surface area (Å²) in [6.07, 6.45) is 17.1. The van der Waals surface area contributed by atoms with E-state index in [9.17, 15) is 0 Å². The van der Waals surface area contributed by atoms with Crippen LogP contribution < -0.4 is 0 Å². The van der Waals surface area contributed by atoms with Crippen LogP contribution in [0.5, 0.6) is 0 Å². The van der Waals surface area contributed by atoms with Crippen molar-refractivity contribution in [2.24, 2.45) is 21.8 Å². The van der Waals surface area contributed by atoms with Crippen molar-refractivity contribution in [3.8, 4) is 0 Å². The first-order valence-corrected chi connectivity index (χ1v) is 15.9. The Balaban J connectivity index is 1.56. The maximum Gasteiger partial charge on any atom is 0.0692 e. The Kier molecular flexibility index (Phi) is 10.4. The zero-order chi connectivity index (χ0) is 27.1. The van der Waals surface area contributed by atoms with Crippen LogP contribution in [0.25, 0.3) is 0 Å². The van der Waals surface area contributed by atoms with Crippen molar-refractivity contribution >= 4 is 22.8 Å². The molecular weight excluding hydrogens is 460 g/mol. The summed E-state index contributed by atoms with van der Waals surface area (Å²) in [5.41, 5.74) is 13.9. The summed E-state index contributed by atoms with van der Waals surface area (Å²) in [5.74, 6) is 1.39. The van der Waals surface area contributed by atoms with Gasteiger partial charge in [0, 0.05) is 11.4 Å². The molecule has 4 rings (SSSR count). The number of aliphatic imine (C=N–C) groups is 2. The molecule has 0 atom stereocenters. The molecule has 38 heavy (non-hydrogen) atoms. The minimum atomic E-state index is 0.693. The molecule has 2 aliphatic carbocycles. The smallest absolute Gasteiger partial charge is 0.0692 e. The second-order valence-electron chi connectivity index (χ2n) is 11.9. The van der Waals surface area contributed by atoms with Crippen molar-refractivity contribution in [1.29, 1.82) is 0 Å². The van der Waals surface area contributed by atoms with E-state index in [2.05, 4.69) is 65.8 Å². The first-order valence-electron chi connectivity index (χ1n) is 15.9. The van der Waals surface area contributed by atoms with Crippen LogP contribution in [-0.2, 0) is 38.5 Å². The van der Waals surface area contributed by atoms with Crippen molar-refractivity contribution in [2.75, 3.05) is 0 Å². The van der Waals surface area contributed by atoms with E-state index >= 15 is 0 Å². The van der Waals surface area contributed by atoms with Gasteiger partial charge in [-0.3, -0.25) is 9.98 Å². The van der Waals surface area contributed by atoms with Gasteiger partial charge in [-0.05, 0) is 123 Å². The summed E-state index contributed by atoms with van der Waals surface area (Å²) >= 11 is 0. The van der Waals surface area contributed by atoms with Gasteiger partial charge in [0.15, 0.2) is 0 Å².